The molecule has 8 aromatic carbocycles. The van der Waals surface area contributed by atoms with Gasteiger partial charge >= 0.3 is 0 Å². The number of nitrogens with zero attached hydrogens (tertiary/aromatic N) is 4. The van der Waals surface area contributed by atoms with E-state index in [1.165, 1.54) is 54.2 Å². The topological polar surface area (TPSA) is 34.0 Å². The van der Waals surface area contributed by atoms with Crippen molar-refractivity contribution in [3.8, 4) is 28.5 Å². The van der Waals surface area contributed by atoms with Gasteiger partial charge < -0.3 is 4.90 Å². The van der Waals surface area contributed by atoms with E-state index >= 15 is 0 Å². The lowest BCUT2D eigenvalue weighted by Crippen LogP contribution is -2.39. The van der Waals surface area contributed by atoms with Crippen LogP contribution in [0.1, 0.15) is 22.3 Å². The van der Waals surface area contributed by atoms with E-state index in [0.717, 1.165) is 39.4 Å². The Morgan fingerprint density at radius 3 is 1.76 bits per heavy atom. The van der Waals surface area contributed by atoms with E-state index in [0.29, 0.717) is 5.82 Å². The molecule has 0 amide bonds. The number of fused-ring (bicyclic) bond motifs is 12. The van der Waals surface area contributed by atoms with Crippen molar-refractivity contribution in [2.24, 2.45) is 0 Å². The van der Waals surface area contributed by atoms with Crippen molar-refractivity contribution in [2.45, 2.75) is 15.2 Å². The highest BCUT2D eigenvalue weighted by atomic mass is 32.2. The molecule has 58 heavy (non-hydrogen) atoms. The number of benzene rings is 8. The fraction of sp³-hybridized carbons (Fsp3) is 0.0189. The molecular formula is C53H34N4S. The fourth-order valence-corrected chi connectivity index (χ4v) is 10.8. The third-order valence-electron chi connectivity index (χ3n) is 11.9. The summed E-state index contributed by atoms with van der Waals surface area (Å²) in [6, 6.07) is 74.3. The van der Waals surface area contributed by atoms with Crippen LogP contribution in [0, 0.1) is 0 Å². The average Bonchev–Trinajstić information content (AvgIpc) is 3.65. The molecule has 0 N–H and O–H groups in total. The molecule has 0 atom stereocenters. The van der Waals surface area contributed by atoms with Crippen molar-refractivity contribution in [3.05, 3.63) is 229 Å². The number of hydrogen-bond acceptors (Lipinski definition) is 4. The zero-order valence-electron chi connectivity index (χ0n) is 31.3. The largest absolute Gasteiger partial charge is 0.310 e. The molecule has 12 rings (SSSR count). The maximum Gasteiger partial charge on any atom is 0.162 e. The van der Waals surface area contributed by atoms with E-state index in [2.05, 4.69) is 210 Å². The molecule has 0 saturated heterocycles. The molecule has 2 aliphatic heterocycles. The molecule has 0 saturated carbocycles. The third kappa shape index (κ3) is 4.71. The lowest BCUT2D eigenvalue weighted by molar-refractivity contribution is 0.693. The summed E-state index contributed by atoms with van der Waals surface area (Å²) in [7, 11) is 0. The van der Waals surface area contributed by atoms with Crippen LogP contribution >= 0.6 is 11.8 Å². The first-order valence-corrected chi connectivity index (χ1v) is 20.5. The zero-order valence-corrected chi connectivity index (χ0v) is 32.1. The average molecular weight is 759 g/mol. The predicted octanol–water partition coefficient (Wildman–Crippen LogP) is 13.5. The Kier molecular flexibility index (Phi) is 7.34. The molecule has 2 aromatic heterocycles. The minimum atomic E-state index is -0.610. The van der Waals surface area contributed by atoms with Gasteiger partial charge in [-0.1, -0.05) is 176 Å². The Labute approximate surface area is 340 Å². The summed E-state index contributed by atoms with van der Waals surface area (Å²) in [6.45, 7) is 0. The van der Waals surface area contributed by atoms with Gasteiger partial charge in [-0.3, -0.25) is 4.57 Å². The van der Waals surface area contributed by atoms with Crippen LogP contribution in [-0.2, 0) is 5.41 Å². The van der Waals surface area contributed by atoms with Crippen LogP contribution in [0.5, 0.6) is 0 Å². The number of anilines is 3. The standard InChI is InChI=1S/C53H34N4S/c1-4-18-35(19-5-1)44-34-49(55-52(54-44)36-20-6-2-7-21-36)57-45-28-14-10-24-38(45)39-32-33-43-51(50(39)57)58-48-31-17-13-27-42(48)53(43)40-25-11-15-29-46(40)56(37-22-8-3-9-23-37)47-30-16-12-26-41(47)53/h1-34H. The smallest absolute Gasteiger partial charge is 0.162 e. The van der Waals surface area contributed by atoms with E-state index < -0.39 is 5.41 Å². The van der Waals surface area contributed by atoms with E-state index in [-0.39, 0.29) is 0 Å². The summed E-state index contributed by atoms with van der Waals surface area (Å²) in [6.07, 6.45) is 0. The predicted molar refractivity (Wildman–Crippen MR) is 238 cm³/mol. The molecule has 4 nitrogen and oxygen atoms in total. The van der Waals surface area contributed by atoms with Crippen molar-refractivity contribution in [1.29, 1.82) is 0 Å². The lowest BCUT2D eigenvalue weighted by Gasteiger charge is -2.49. The molecule has 0 radical (unpaired) electrons. The first-order valence-electron chi connectivity index (χ1n) is 19.7. The molecule has 2 aliphatic rings. The highest BCUT2D eigenvalue weighted by Gasteiger charge is 2.51. The highest BCUT2D eigenvalue weighted by molar-refractivity contribution is 7.99. The van der Waals surface area contributed by atoms with Gasteiger partial charge in [0.2, 0.25) is 0 Å². The van der Waals surface area contributed by atoms with Crippen LogP contribution in [0.2, 0.25) is 0 Å². The Morgan fingerprint density at radius 1 is 0.448 bits per heavy atom. The first kappa shape index (κ1) is 33.0. The van der Waals surface area contributed by atoms with Crippen LogP contribution in [0.15, 0.2) is 216 Å². The highest BCUT2D eigenvalue weighted by Crippen LogP contribution is 2.64. The monoisotopic (exact) mass is 758 g/mol. The van der Waals surface area contributed by atoms with Gasteiger partial charge in [0.05, 0.1) is 33.5 Å². The Bertz CT molecular complexity index is 3110. The molecule has 1 spiro atoms. The van der Waals surface area contributed by atoms with Crippen LogP contribution in [0.25, 0.3) is 50.3 Å². The number of hydrogen-bond donors (Lipinski definition) is 0. The lowest BCUT2D eigenvalue weighted by atomic mass is 9.62. The molecular weight excluding hydrogens is 725 g/mol. The summed E-state index contributed by atoms with van der Waals surface area (Å²) >= 11 is 1.87. The molecule has 0 bridgehead atoms. The quantitative estimate of drug-likeness (QED) is 0.179. The normalized spacial score (nSPS) is 13.6. The van der Waals surface area contributed by atoms with Gasteiger partial charge in [0.15, 0.2) is 5.82 Å². The second kappa shape index (κ2) is 12.9. The minimum Gasteiger partial charge on any atom is -0.310 e. The molecule has 0 fully saturated rings. The second-order valence-electron chi connectivity index (χ2n) is 14.9. The summed E-state index contributed by atoms with van der Waals surface area (Å²) < 4.78 is 2.40. The first-order chi connectivity index (χ1) is 28.8. The number of aromatic nitrogens is 3. The summed E-state index contributed by atoms with van der Waals surface area (Å²) in [5.74, 6) is 1.53. The van der Waals surface area contributed by atoms with Gasteiger partial charge in [0, 0.05) is 43.4 Å². The third-order valence-corrected chi connectivity index (χ3v) is 13.0. The van der Waals surface area contributed by atoms with E-state index in [1.807, 2.05) is 17.8 Å². The maximum atomic E-state index is 5.42. The van der Waals surface area contributed by atoms with Gasteiger partial charge in [-0.25, -0.2) is 9.97 Å². The van der Waals surface area contributed by atoms with Crippen LogP contribution in [0.4, 0.5) is 17.1 Å². The SMILES string of the molecule is c1ccc(-c2cc(-n3c4ccccc4c4ccc5c(c43)Sc3ccccc3C53c4ccccc4N(c4ccccc4)c4ccccc43)nc(-c3ccccc3)n2)cc1. The number of para-hydroxylation sites is 4. The second-order valence-corrected chi connectivity index (χ2v) is 16.0. The van der Waals surface area contributed by atoms with Crippen molar-refractivity contribution in [3.63, 3.8) is 0 Å². The van der Waals surface area contributed by atoms with Gasteiger partial charge in [0.1, 0.15) is 5.82 Å². The Hall–Kier alpha value is -7.21. The maximum absolute atomic E-state index is 5.42. The van der Waals surface area contributed by atoms with Crippen LogP contribution < -0.4 is 4.90 Å². The molecule has 5 heteroatoms. The summed E-state index contributed by atoms with van der Waals surface area (Å²) in [4.78, 5) is 15.5. The molecule has 272 valence electrons. The minimum absolute atomic E-state index is 0.610. The molecule has 0 aliphatic carbocycles. The van der Waals surface area contributed by atoms with Crippen molar-refractivity contribution >= 4 is 50.6 Å². The fourth-order valence-electron chi connectivity index (χ4n) is 9.49. The van der Waals surface area contributed by atoms with Gasteiger partial charge in [0.25, 0.3) is 0 Å². The molecule has 10 aromatic rings. The van der Waals surface area contributed by atoms with E-state index in [4.69, 9.17) is 9.97 Å². The summed E-state index contributed by atoms with van der Waals surface area (Å²) in [5.41, 5.74) is 13.1. The van der Waals surface area contributed by atoms with Crippen molar-refractivity contribution in [2.75, 3.05) is 4.90 Å². The van der Waals surface area contributed by atoms with Crippen LogP contribution in [-0.4, -0.2) is 14.5 Å². The van der Waals surface area contributed by atoms with Gasteiger partial charge in [-0.2, -0.15) is 0 Å². The molecule has 4 heterocycles. The van der Waals surface area contributed by atoms with E-state index in [9.17, 15) is 0 Å². The van der Waals surface area contributed by atoms with Crippen molar-refractivity contribution < 1.29 is 0 Å². The Balaban J connectivity index is 1.22. The molecule has 0 unspecified atom stereocenters. The van der Waals surface area contributed by atoms with Crippen molar-refractivity contribution in [1.82, 2.24) is 14.5 Å². The zero-order chi connectivity index (χ0) is 38.2. The van der Waals surface area contributed by atoms with Gasteiger partial charge in [-0.15, -0.1) is 0 Å². The van der Waals surface area contributed by atoms with Gasteiger partial charge in [-0.05, 0) is 58.7 Å². The summed E-state index contributed by atoms with van der Waals surface area (Å²) in [5, 5.41) is 2.38. The Morgan fingerprint density at radius 2 is 1.03 bits per heavy atom. The van der Waals surface area contributed by atoms with E-state index in [1.54, 1.807) is 0 Å². The van der Waals surface area contributed by atoms with Crippen LogP contribution in [0.3, 0.4) is 0 Å². The number of rotatable bonds is 4.